The lowest BCUT2D eigenvalue weighted by Crippen LogP contribution is -2.64. The molecule has 0 radical (unpaired) electrons. The Morgan fingerprint density at radius 2 is 0.505 bits per heavy atom. The van der Waals surface area contributed by atoms with Gasteiger partial charge in [0.1, 0.15) is 116 Å². The quantitative estimate of drug-likeness (QED) is 0.0661. The molecule has 31 nitrogen and oxygen atoms in total. The van der Waals surface area contributed by atoms with Crippen LogP contribution < -0.4 is 0 Å². The Morgan fingerprint density at radius 1 is 0.283 bits per heavy atom. The molecule has 20 atom stereocenters. The third kappa shape index (κ3) is 19.8. The molecule has 12 aliphatic heterocycles. The monoisotopic (exact) mass is 1420 g/mol. The van der Waals surface area contributed by atoms with E-state index in [9.17, 15) is 0 Å². The summed E-state index contributed by atoms with van der Waals surface area (Å²) in [6, 6.07) is 0. The van der Waals surface area contributed by atoms with Gasteiger partial charge in [-0.3, -0.25) is 0 Å². The Bertz CT molecular complexity index is 2250. The van der Waals surface area contributed by atoms with Crippen molar-refractivity contribution in [3.05, 3.63) is 12.7 Å². The fourth-order valence-corrected chi connectivity index (χ4v) is 14.4. The maximum atomic E-state index is 6.61. The van der Waals surface area contributed by atoms with Crippen molar-refractivity contribution in [1.29, 1.82) is 0 Å². The van der Waals surface area contributed by atoms with Gasteiger partial charge in [0.25, 0.3) is 0 Å². The van der Waals surface area contributed by atoms with Gasteiger partial charge in [0.15, 0.2) is 71.5 Å². The molecule has 0 bridgehead atoms. The smallest absolute Gasteiger partial charge is 0.187 e. The summed E-state index contributed by atoms with van der Waals surface area (Å²) in [6.07, 6.45) is -10.7. The van der Waals surface area contributed by atoms with Gasteiger partial charge in [0.05, 0.1) is 126 Å². The highest BCUT2D eigenvalue weighted by Gasteiger charge is 2.63. The van der Waals surface area contributed by atoms with E-state index in [1.165, 1.54) is 0 Å². The molecule has 0 aromatic rings. The maximum Gasteiger partial charge on any atom is 0.187 e. The summed E-state index contributed by atoms with van der Waals surface area (Å²) in [5, 5.41) is 0. The molecule has 12 aliphatic rings. The lowest BCUT2D eigenvalue weighted by Gasteiger charge is -2.48. The van der Waals surface area contributed by atoms with E-state index in [1.807, 2.05) is 111 Å². The summed E-state index contributed by atoms with van der Waals surface area (Å²) >= 11 is 0. The van der Waals surface area contributed by atoms with Gasteiger partial charge in [-0.05, 0) is 111 Å². The van der Waals surface area contributed by atoms with E-state index >= 15 is 0 Å². The van der Waals surface area contributed by atoms with Crippen LogP contribution in [0.3, 0.4) is 0 Å². The van der Waals surface area contributed by atoms with E-state index in [0.717, 1.165) is 0 Å². The Morgan fingerprint density at radius 3 is 0.747 bits per heavy atom. The largest absolute Gasteiger partial charge is 0.376 e. The molecule has 0 saturated carbocycles. The van der Waals surface area contributed by atoms with E-state index < -0.39 is 187 Å². The van der Waals surface area contributed by atoms with E-state index in [2.05, 4.69) is 6.58 Å². The fourth-order valence-electron chi connectivity index (χ4n) is 14.4. The molecule has 0 aromatic carbocycles. The van der Waals surface area contributed by atoms with E-state index in [0.29, 0.717) is 26.4 Å². The second kappa shape index (κ2) is 31.7. The standard InChI is InChI=1S/C68H112O31/c1-18-19-73-40(32-78-38(28-69-20-24-74-57-53-49(92-65(10,11)96-53)45-41(84-57)34-80-61(2,3)88-45)29-70-21-25-75-58-54-50(93-66(12,13)97-54)46-42(85-58)35-81-62(4,5)89-46)33-79-39(30-71-22-26-76-59-55-51(94-67(14,15)98-55)47-43(86-59)36-82-63(6,7)90-47)31-72-23-27-77-60-56-52(95-68(16,17)99-56)48-44(87-60)37-83-64(8,9)91-48/h18,38-60H,1,19-37H2,2-17H3/t41-,42-,43-,44-,45-,46-,47-,48-,49+,50+,51+,52+,53+,54+,55+,56+,57+,58+,59+,60+/m1/s1. The minimum Gasteiger partial charge on any atom is -0.376 e. The molecule has 12 rings (SSSR count). The highest BCUT2D eigenvalue weighted by atomic mass is 16.9. The first-order valence-electron chi connectivity index (χ1n) is 35.3. The van der Waals surface area contributed by atoms with E-state index in [-0.39, 0.29) is 99.1 Å². The van der Waals surface area contributed by atoms with Crippen molar-refractivity contribution in [1.82, 2.24) is 0 Å². The minimum atomic E-state index is -0.888. The molecule has 99 heavy (non-hydrogen) atoms. The molecule has 570 valence electrons. The minimum absolute atomic E-state index is 0.0582. The van der Waals surface area contributed by atoms with Crippen LogP contribution in [0.5, 0.6) is 0 Å². The zero-order chi connectivity index (χ0) is 70.3. The molecule has 0 unspecified atom stereocenters. The summed E-state index contributed by atoms with van der Waals surface area (Å²) in [5.74, 6) is -6.81. The Kier molecular flexibility index (Phi) is 24.7. The molecular weight excluding hydrogens is 1310 g/mol. The number of fused-ring (bicyclic) bond motifs is 12. The van der Waals surface area contributed by atoms with Crippen LogP contribution in [0.1, 0.15) is 111 Å². The van der Waals surface area contributed by atoms with Crippen LogP contribution in [0.4, 0.5) is 0 Å². The van der Waals surface area contributed by atoms with Crippen molar-refractivity contribution in [2.24, 2.45) is 0 Å². The van der Waals surface area contributed by atoms with Crippen LogP contribution in [-0.4, -0.2) is 313 Å². The zero-order valence-corrected chi connectivity index (χ0v) is 60.7. The molecule has 31 heteroatoms. The van der Waals surface area contributed by atoms with Crippen LogP contribution in [0.2, 0.25) is 0 Å². The van der Waals surface area contributed by atoms with Crippen molar-refractivity contribution in [2.75, 3.05) is 126 Å². The van der Waals surface area contributed by atoms with Gasteiger partial charge >= 0.3 is 0 Å². The Labute approximate surface area is 581 Å². The first-order valence-corrected chi connectivity index (χ1v) is 35.3. The van der Waals surface area contributed by atoms with Crippen molar-refractivity contribution >= 4 is 0 Å². The lowest BCUT2D eigenvalue weighted by molar-refractivity contribution is -0.371. The molecule has 0 spiro atoms. The zero-order valence-electron chi connectivity index (χ0n) is 60.7. The summed E-state index contributed by atoms with van der Waals surface area (Å²) in [5.41, 5.74) is 0. The molecule has 12 saturated heterocycles. The highest BCUT2D eigenvalue weighted by Crippen LogP contribution is 2.47. The fraction of sp³-hybridized carbons (Fsp3) is 0.971. The third-order valence-corrected chi connectivity index (χ3v) is 18.5. The number of ether oxygens (including phenoxy) is 31. The Hall–Kier alpha value is -1.50. The summed E-state index contributed by atoms with van der Waals surface area (Å²) < 4.78 is 195. The van der Waals surface area contributed by atoms with E-state index in [4.69, 9.17) is 147 Å². The normalized spacial score (nSPS) is 40.5. The van der Waals surface area contributed by atoms with Gasteiger partial charge in [-0.2, -0.15) is 0 Å². The Balaban J connectivity index is 0.667. The topological polar surface area (TPSA) is 286 Å². The van der Waals surface area contributed by atoms with Crippen LogP contribution in [-0.2, 0) is 147 Å². The number of hydrogen-bond acceptors (Lipinski definition) is 31. The van der Waals surface area contributed by atoms with Crippen molar-refractivity contribution in [3.8, 4) is 0 Å². The van der Waals surface area contributed by atoms with Crippen molar-refractivity contribution < 1.29 is 147 Å². The van der Waals surface area contributed by atoms with Gasteiger partial charge in [-0.15, -0.1) is 6.58 Å². The van der Waals surface area contributed by atoms with Crippen LogP contribution in [0.15, 0.2) is 12.7 Å². The van der Waals surface area contributed by atoms with Gasteiger partial charge < -0.3 is 147 Å². The maximum absolute atomic E-state index is 6.61. The van der Waals surface area contributed by atoms with E-state index in [1.54, 1.807) is 6.08 Å². The summed E-state index contributed by atoms with van der Waals surface area (Å²) in [4.78, 5) is 0. The lowest BCUT2D eigenvalue weighted by atomic mass is 9.97. The molecule has 0 N–H and O–H groups in total. The van der Waals surface area contributed by atoms with Gasteiger partial charge in [-0.1, -0.05) is 6.08 Å². The molecule has 12 heterocycles. The summed E-state index contributed by atoms with van der Waals surface area (Å²) in [7, 11) is 0. The molecule has 12 fully saturated rings. The average Bonchev–Trinajstić information content (AvgIpc) is 1.47. The van der Waals surface area contributed by atoms with Crippen molar-refractivity contribution in [3.63, 3.8) is 0 Å². The third-order valence-electron chi connectivity index (χ3n) is 18.5. The first kappa shape index (κ1) is 77.1. The van der Waals surface area contributed by atoms with Crippen LogP contribution in [0, 0.1) is 0 Å². The predicted octanol–water partition coefficient (Wildman–Crippen LogP) is 4.05. The predicted molar refractivity (Wildman–Crippen MR) is 336 cm³/mol. The van der Waals surface area contributed by atoms with Crippen LogP contribution in [0.25, 0.3) is 0 Å². The number of rotatable bonds is 33. The highest BCUT2D eigenvalue weighted by molar-refractivity contribution is 5.03. The molecule has 0 aromatic heterocycles. The second-order valence-electron chi connectivity index (χ2n) is 30.5. The SMILES string of the molecule is C=CCOC(COC(COCCO[C@H]1O[C@@H]2COC(C)(C)O[C@H]2[C@@H]2OC(C)(C)O[C@H]12)COCCO[C@H]1O[C@@H]2COC(C)(C)O[C@H]2[C@@H]2OC(C)(C)O[C@H]12)COC(COCCO[C@H]1O[C@@H]2COC(C)(C)O[C@H]2[C@@H]2OC(C)(C)O[C@H]12)COCCO[C@H]1O[C@@H]2COC(C)(C)O[C@H]2[C@@H]2OC(C)(C)O[C@H]12. The van der Waals surface area contributed by atoms with Gasteiger partial charge in [-0.25, -0.2) is 0 Å². The number of hydrogen-bond donors (Lipinski definition) is 0. The van der Waals surface area contributed by atoms with Crippen LogP contribution >= 0.6 is 0 Å². The average molecular weight is 1430 g/mol. The summed E-state index contributed by atoms with van der Waals surface area (Å²) in [6.45, 7) is 36.9. The van der Waals surface area contributed by atoms with Crippen molar-refractivity contribution in [2.45, 2.75) is 298 Å². The van der Waals surface area contributed by atoms with Gasteiger partial charge in [0.2, 0.25) is 0 Å². The van der Waals surface area contributed by atoms with Gasteiger partial charge in [0, 0.05) is 0 Å². The molecule has 0 amide bonds. The second-order valence-corrected chi connectivity index (χ2v) is 30.5. The first-order chi connectivity index (χ1) is 46.8. The molecule has 0 aliphatic carbocycles. The molecular formula is C68H112O31.